The third-order valence-electron chi connectivity index (χ3n) is 4.72. The zero-order valence-electron chi connectivity index (χ0n) is 16.6. The van der Waals surface area contributed by atoms with Crippen molar-refractivity contribution in [2.24, 2.45) is 0 Å². The molecule has 2 aromatic carbocycles. The van der Waals surface area contributed by atoms with Crippen LogP contribution in [-0.2, 0) is 11.3 Å². The topological polar surface area (TPSA) is 67.2 Å². The summed E-state index contributed by atoms with van der Waals surface area (Å²) in [5, 5.41) is 0. The van der Waals surface area contributed by atoms with Gasteiger partial charge in [-0.25, -0.2) is 15.0 Å². The van der Waals surface area contributed by atoms with Crippen molar-refractivity contribution in [1.82, 2.24) is 19.5 Å². The minimum absolute atomic E-state index is 0.0539. The number of carbonyl (C=O) groups is 1. The summed E-state index contributed by atoms with van der Waals surface area (Å²) in [6.07, 6.45) is 1.65. The summed E-state index contributed by atoms with van der Waals surface area (Å²) in [5.74, 6) is 1.27. The fraction of sp³-hybridized carbons (Fsp3) is 0.182. The van der Waals surface area contributed by atoms with Crippen molar-refractivity contribution in [3.05, 3.63) is 67.0 Å². The van der Waals surface area contributed by atoms with E-state index < -0.39 is 0 Å². The summed E-state index contributed by atoms with van der Waals surface area (Å²) in [4.78, 5) is 30.3. The molecule has 7 nitrogen and oxygen atoms in total. The Balaban J connectivity index is 1.74. The summed E-state index contributed by atoms with van der Waals surface area (Å²) in [6.45, 7) is 0.139. The second-order valence-corrected chi connectivity index (χ2v) is 6.96. The predicted molar refractivity (Wildman–Crippen MR) is 115 cm³/mol. The van der Waals surface area contributed by atoms with Gasteiger partial charge in [-0.1, -0.05) is 48.5 Å². The van der Waals surface area contributed by atoms with E-state index in [2.05, 4.69) is 9.97 Å². The first kappa shape index (κ1) is 18.6. The van der Waals surface area contributed by atoms with Gasteiger partial charge in [-0.05, 0) is 12.1 Å². The Morgan fingerprint density at radius 2 is 1.59 bits per heavy atom. The summed E-state index contributed by atoms with van der Waals surface area (Å²) >= 11 is 0. The fourth-order valence-corrected chi connectivity index (χ4v) is 3.12. The average Bonchev–Trinajstić information content (AvgIpc) is 3.16. The Morgan fingerprint density at radius 1 is 0.931 bits per heavy atom. The maximum atomic E-state index is 12.9. The maximum absolute atomic E-state index is 12.9. The fourth-order valence-electron chi connectivity index (χ4n) is 3.12. The van der Waals surface area contributed by atoms with Crippen LogP contribution >= 0.6 is 0 Å². The molecule has 2 aromatic heterocycles. The second-order valence-electron chi connectivity index (χ2n) is 6.96. The summed E-state index contributed by atoms with van der Waals surface area (Å²) in [7, 11) is 5.61. The Bertz CT molecular complexity index is 1140. The molecule has 0 radical (unpaired) electrons. The van der Waals surface area contributed by atoms with E-state index in [1.807, 2.05) is 79.7 Å². The first-order valence-corrected chi connectivity index (χ1v) is 9.32. The highest BCUT2D eigenvalue weighted by atomic mass is 16.2. The molecule has 0 spiro atoms. The van der Waals surface area contributed by atoms with Crippen molar-refractivity contribution in [2.75, 3.05) is 30.9 Å². The maximum Gasteiger partial charge on any atom is 0.246 e. The van der Waals surface area contributed by atoms with Gasteiger partial charge in [0.15, 0.2) is 22.8 Å². The number of amides is 1. The number of hydrogen-bond donors (Lipinski definition) is 0. The van der Waals surface area contributed by atoms with Gasteiger partial charge in [-0.15, -0.1) is 0 Å². The van der Waals surface area contributed by atoms with Gasteiger partial charge in [0, 0.05) is 32.4 Å². The van der Waals surface area contributed by atoms with Gasteiger partial charge in [-0.2, -0.15) is 0 Å². The molecule has 0 bridgehead atoms. The molecule has 2 heterocycles. The lowest BCUT2D eigenvalue weighted by atomic mass is 10.2. The predicted octanol–water partition coefficient (Wildman–Crippen LogP) is 3.22. The smallest absolute Gasteiger partial charge is 0.246 e. The van der Waals surface area contributed by atoms with Crippen molar-refractivity contribution in [3.8, 4) is 11.4 Å². The molecule has 0 fully saturated rings. The third-order valence-corrected chi connectivity index (χ3v) is 4.72. The van der Waals surface area contributed by atoms with Crippen LogP contribution < -0.4 is 9.80 Å². The van der Waals surface area contributed by atoms with Crippen molar-refractivity contribution >= 4 is 28.6 Å². The summed E-state index contributed by atoms with van der Waals surface area (Å²) < 4.78 is 1.78. The molecule has 0 aliphatic carbocycles. The minimum Gasteiger partial charge on any atom is -0.361 e. The Kier molecular flexibility index (Phi) is 4.95. The number of hydrogen-bond acceptors (Lipinski definition) is 5. The Labute approximate surface area is 169 Å². The normalized spacial score (nSPS) is 10.9. The van der Waals surface area contributed by atoms with Gasteiger partial charge in [-0.3, -0.25) is 4.79 Å². The monoisotopic (exact) mass is 386 g/mol. The average molecular weight is 386 g/mol. The van der Waals surface area contributed by atoms with E-state index in [0.29, 0.717) is 17.0 Å². The van der Waals surface area contributed by atoms with Crippen LogP contribution in [0.3, 0.4) is 0 Å². The van der Waals surface area contributed by atoms with Gasteiger partial charge < -0.3 is 14.4 Å². The van der Waals surface area contributed by atoms with Crippen LogP contribution in [-0.4, -0.2) is 46.6 Å². The van der Waals surface area contributed by atoms with Crippen LogP contribution in [0.15, 0.2) is 67.0 Å². The number of imidazole rings is 1. The van der Waals surface area contributed by atoms with Crippen molar-refractivity contribution in [2.45, 2.75) is 6.54 Å². The number of nitrogens with zero attached hydrogens (tertiary/aromatic N) is 6. The molecule has 4 rings (SSSR count). The van der Waals surface area contributed by atoms with Crippen LogP contribution in [0.4, 0.5) is 11.5 Å². The molecule has 146 valence electrons. The second kappa shape index (κ2) is 7.71. The van der Waals surface area contributed by atoms with Crippen LogP contribution in [0, 0.1) is 0 Å². The van der Waals surface area contributed by atoms with E-state index in [0.717, 1.165) is 17.1 Å². The van der Waals surface area contributed by atoms with Gasteiger partial charge >= 0.3 is 0 Å². The SMILES string of the molecule is CN(C)c1nc(-c2ccccc2)nc2c1ncn2CC(=O)N(C)c1ccccc1. The standard InChI is InChI=1S/C22H22N6O/c1-26(2)21-19-22(25-20(24-21)16-10-6-4-7-11-16)28(15-23-19)14-18(29)27(3)17-12-8-5-9-13-17/h4-13,15H,14H2,1-3H3. The van der Waals surface area contributed by atoms with Crippen LogP contribution in [0.2, 0.25) is 0 Å². The molecule has 7 heteroatoms. The lowest BCUT2D eigenvalue weighted by Gasteiger charge is -2.18. The number of para-hydroxylation sites is 1. The van der Waals surface area contributed by atoms with Gasteiger partial charge in [0.05, 0.1) is 6.33 Å². The number of benzene rings is 2. The molecule has 4 aromatic rings. The van der Waals surface area contributed by atoms with Gasteiger partial charge in [0.1, 0.15) is 6.54 Å². The molecule has 0 unspecified atom stereocenters. The highest BCUT2D eigenvalue weighted by Gasteiger charge is 2.18. The number of fused-ring (bicyclic) bond motifs is 1. The zero-order chi connectivity index (χ0) is 20.4. The first-order valence-electron chi connectivity index (χ1n) is 9.32. The van der Waals surface area contributed by atoms with Gasteiger partial charge in [0.25, 0.3) is 0 Å². The third kappa shape index (κ3) is 3.67. The molecular weight excluding hydrogens is 364 g/mol. The van der Waals surface area contributed by atoms with E-state index in [1.54, 1.807) is 22.8 Å². The highest BCUT2D eigenvalue weighted by Crippen LogP contribution is 2.25. The summed E-state index contributed by atoms with van der Waals surface area (Å²) in [6, 6.07) is 19.4. The number of aromatic nitrogens is 4. The van der Waals surface area contributed by atoms with Gasteiger partial charge in [0.2, 0.25) is 5.91 Å². The quantitative estimate of drug-likeness (QED) is 0.527. The number of rotatable bonds is 5. The number of anilines is 2. The largest absolute Gasteiger partial charge is 0.361 e. The molecule has 0 atom stereocenters. The van der Waals surface area contributed by atoms with E-state index in [1.165, 1.54) is 0 Å². The number of likely N-dealkylation sites (N-methyl/N-ethyl adjacent to an activating group) is 1. The van der Waals surface area contributed by atoms with Crippen LogP contribution in [0.1, 0.15) is 0 Å². The Hall–Kier alpha value is -3.74. The molecular formula is C22H22N6O. The minimum atomic E-state index is -0.0539. The number of carbonyl (C=O) groups excluding carboxylic acids is 1. The highest BCUT2D eigenvalue weighted by molar-refractivity contribution is 5.94. The van der Waals surface area contributed by atoms with Crippen molar-refractivity contribution in [1.29, 1.82) is 0 Å². The van der Waals surface area contributed by atoms with E-state index in [4.69, 9.17) is 4.98 Å². The van der Waals surface area contributed by atoms with Crippen molar-refractivity contribution < 1.29 is 4.79 Å². The lowest BCUT2D eigenvalue weighted by Crippen LogP contribution is -2.29. The molecule has 0 saturated carbocycles. The lowest BCUT2D eigenvalue weighted by molar-refractivity contribution is -0.118. The summed E-state index contributed by atoms with van der Waals surface area (Å²) in [5.41, 5.74) is 3.07. The molecule has 0 N–H and O–H groups in total. The molecule has 1 amide bonds. The van der Waals surface area contributed by atoms with E-state index in [9.17, 15) is 4.79 Å². The zero-order valence-corrected chi connectivity index (χ0v) is 16.6. The Morgan fingerprint density at radius 3 is 2.24 bits per heavy atom. The van der Waals surface area contributed by atoms with Crippen molar-refractivity contribution in [3.63, 3.8) is 0 Å². The molecule has 29 heavy (non-hydrogen) atoms. The molecule has 0 aliphatic heterocycles. The molecule has 0 aliphatic rings. The van der Waals surface area contributed by atoms with Crippen LogP contribution in [0.5, 0.6) is 0 Å². The first-order chi connectivity index (χ1) is 14.0. The molecule has 0 saturated heterocycles. The van der Waals surface area contributed by atoms with E-state index in [-0.39, 0.29) is 12.5 Å². The van der Waals surface area contributed by atoms with Crippen LogP contribution in [0.25, 0.3) is 22.6 Å². The van der Waals surface area contributed by atoms with E-state index >= 15 is 0 Å².